The average molecular weight is 411 g/mol. The third-order valence-electron chi connectivity index (χ3n) is 4.06. The quantitative estimate of drug-likeness (QED) is 0.426. The fraction of sp³-hybridized carbons (Fsp3) is 0.250. The van der Waals surface area contributed by atoms with Crippen LogP contribution in [0.1, 0.15) is 30.1 Å². The summed E-state index contributed by atoms with van der Waals surface area (Å²) in [5.74, 6) is 0.844. The van der Waals surface area contributed by atoms with E-state index in [9.17, 15) is 9.59 Å². The number of aromatic nitrogens is 4. The van der Waals surface area contributed by atoms with Gasteiger partial charge >= 0.3 is 0 Å². The minimum atomic E-state index is -0.0503. The van der Waals surface area contributed by atoms with Gasteiger partial charge in [0.15, 0.2) is 5.78 Å². The highest BCUT2D eigenvalue weighted by molar-refractivity contribution is 7.99. The summed E-state index contributed by atoms with van der Waals surface area (Å²) >= 11 is 1.26. The predicted molar refractivity (Wildman–Crippen MR) is 111 cm³/mol. The largest absolute Gasteiger partial charge is 0.497 e. The third kappa shape index (κ3) is 5.41. The van der Waals surface area contributed by atoms with E-state index in [-0.39, 0.29) is 17.4 Å². The zero-order chi connectivity index (χ0) is 20.6. The van der Waals surface area contributed by atoms with Gasteiger partial charge in [0.05, 0.1) is 18.6 Å². The lowest BCUT2D eigenvalue weighted by atomic mass is 10.1. The molecule has 0 radical (unpaired) electrons. The SMILES string of the molecule is CCCC(=O)Nc1ccc(C(=O)CSc2nnnn2-c2ccc(OC)cc2)cc1. The number of Topliss-reactive ketones (excluding diaryl/α,β-unsaturated/α-hetero) is 1. The third-order valence-corrected chi connectivity index (χ3v) is 4.98. The minimum absolute atomic E-state index is 0.0347. The molecule has 1 N–H and O–H groups in total. The standard InChI is InChI=1S/C20H21N5O3S/c1-3-4-19(27)21-15-7-5-14(6-8-15)18(26)13-29-20-22-23-24-25(20)16-9-11-17(28-2)12-10-16/h5-12H,3-4,13H2,1-2H3,(H,21,27). The lowest BCUT2D eigenvalue weighted by Gasteiger charge is -2.07. The number of ketones is 1. The Labute approximate surface area is 172 Å². The Balaban J connectivity index is 1.61. The molecule has 1 heterocycles. The number of ether oxygens (including phenoxy) is 1. The molecule has 0 unspecified atom stereocenters. The van der Waals surface area contributed by atoms with Gasteiger partial charge in [-0.15, -0.1) is 5.10 Å². The van der Waals surface area contributed by atoms with Crippen LogP contribution in [-0.4, -0.2) is 44.8 Å². The van der Waals surface area contributed by atoms with Gasteiger partial charge in [-0.25, -0.2) is 0 Å². The monoisotopic (exact) mass is 411 g/mol. The van der Waals surface area contributed by atoms with Gasteiger partial charge in [-0.3, -0.25) is 9.59 Å². The smallest absolute Gasteiger partial charge is 0.224 e. The van der Waals surface area contributed by atoms with E-state index in [1.165, 1.54) is 11.8 Å². The summed E-state index contributed by atoms with van der Waals surface area (Å²) in [5, 5.41) is 15.0. The van der Waals surface area contributed by atoms with Gasteiger partial charge in [0, 0.05) is 17.7 Å². The molecule has 0 saturated carbocycles. The molecular formula is C20H21N5O3S. The summed E-state index contributed by atoms with van der Waals surface area (Å²) in [6.45, 7) is 1.95. The Morgan fingerprint density at radius 3 is 2.48 bits per heavy atom. The molecule has 0 aliphatic carbocycles. The molecule has 0 fully saturated rings. The Morgan fingerprint density at radius 1 is 1.10 bits per heavy atom. The normalized spacial score (nSPS) is 10.6. The topological polar surface area (TPSA) is 99.0 Å². The van der Waals surface area contributed by atoms with Gasteiger partial charge in [0.25, 0.3) is 0 Å². The number of hydrogen-bond donors (Lipinski definition) is 1. The highest BCUT2D eigenvalue weighted by atomic mass is 32.2. The molecule has 8 nitrogen and oxygen atoms in total. The van der Waals surface area contributed by atoms with Crippen molar-refractivity contribution in [2.45, 2.75) is 24.9 Å². The summed E-state index contributed by atoms with van der Waals surface area (Å²) in [6.07, 6.45) is 1.26. The van der Waals surface area contributed by atoms with E-state index in [4.69, 9.17) is 4.74 Å². The summed E-state index contributed by atoms with van der Waals surface area (Å²) in [7, 11) is 1.60. The van der Waals surface area contributed by atoms with Gasteiger partial charge in [-0.1, -0.05) is 18.7 Å². The van der Waals surface area contributed by atoms with Gasteiger partial charge in [-0.2, -0.15) is 4.68 Å². The number of hydrogen-bond acceptors (Lipinski definition) is 7. The van der Waals surface area contributed by atoms with Crippen molar-refractivity contribution in [1.82, 2.24) is 20.2 Å². The highest BCUT2D eigenvalue weighted by Crippen LogP contribution is 2.21. The first-order valence-electron chi connectivity index (χ1n) is 9.09. The first-order valence-corrected chi connectivity index (χ1v) is 10.1. The van der Waals surface area contributed by atoms with E-state index in [0.717, 1.165) is 17.9 Å². The minimum Gasteiger partial charge on any atom is -0.497 e. The van der Waals surface area contributed by atoms with E-state index in [1.807, 2.05) is 31.2 Å². The second kappa shape index (κ2) is 9.83. The molecule has 0 aliphatic heterocycles. The number of thioether (sulfide) groups is 1. The van der Waals surface area contributed by atoms with E-state index >= 15 is 0 Å². The van der Waals surface area contributed by atoms with Crippen molar-refractivity contribution in [2.24, 2.45) is 0 Å². The molecule has 0 saturated heterocycles. The second-order valence-electron chi connectivity index (χ2n) is 6.16. The molecule has 3 rings (SSSR count). The molecular weight excluding hydrogens is 390 g/mol. The number of carbonyl (C=O) groups is 2. The molecule has 0 bridgehead atoms. The number of benzene rings is 2. The maximum Gasteiger partial charge on any atom is 0.224 e. The molecule has 0 atom stereocenters. The summed E-state index contributed by atoms with van der Waals surface area (Å²) in [4.78, 5) is 24.1. The molecule has 2 aromatic carbocycles. The number of nitrogens with one attached hydrogen (secondary N) is 1. The van der Waals surface area contributed by atoms with Crippen LogP contribution >= 0.6 is 11.8 Å². The van der Waals surface area contributed by atoms with Crippen molar-refractivity contribution in [2.75, 3.05) is 18.2 Å². The van der Waals surface area contributed by atoms with Gasteiger partial charge in [0.2, 0.25) is 11.1 Å². The van der Waals surface area contributed by atoms with Crippen LogP contribution < -0.4 is 10.1 Å². The highest BCUT2D eigenvalue weighted by Gasteiger charge is 2.13. The van der Waals surface area contributed by atoms with E-state index < -0.39 is 0 Å². The van der Waals surface area contributed by atoms with Crippen LogP contribution in [0, 0.1) is 0 Å². The fourth-order valence-corrected chi connectivity index (χ4v) is 3.34. The summed E-state index contributed by atoms with van der Waals surface area (Å²) in [5.41, 5.74) is 2.02. The Kier molecular flexibility index (Phi) is 6.96. The average Bonchev–Trinajstić information content (AvgIpc) is 3.21. The van der Waals surface area contributed by atoms with E-state index in [0.29, 0.717) is 22.8 Å². The van der Waals surface area contributed by atoms with Crippen LogP contribution in [0.5, 0.6) is 5.75 Å². The maximum atomic E-state index is 12.5. The molecule has 29 heavy (non-hydrogen) atoms. The summed E-state index contributed by atoms with van der Waals surface area (Å²) < 4.78 is 6.73. The lowest BCUT2D eigenvalue weighted by Crippen LogP contribution is -2.11. The van der Waals surface area contributed by atoms with Gasteiger partial charge in [-0.05, 0) is 65.4 Å². The number of anilines is 1. The molecule has 9 heteroatoms. The van der Waals surface area contributed by atoms with Crippen LogP contribution in [0.3, 0.4) is 0 Å². The number of nitrogens with zero attached hydrogens (tertiary/aromatic N) is 4. The molecule has 150 valence electrons. The molecule has 0 aliphatic rings. The summed E-state index contributed by atoms with van der Waals surface area (Å²) in [6, 6.07) is 14.2. The van der Waals surface area contributed by atoms with Crippen LogP contribution in [0.15, 0.2) is 53.7 Å². The van der Waals surface area contributed by atoms with Gasteiger partial charge < -0.3 is 10.1 Å². The first kappa shape index (κ1) is 20.5. The van der Waals surface area contributed by atoms with Crippen molar-refractivity contribution < 1.29 is 14.3 Å². The Hall–Kier alpha value is -3.20. The number of methoxy groups -OCH3 is 1. The number of carbonyl (C=O) groups excluding carboxylic acids is 2. The van der Waals surface area contributed by atoms with Crippen LogP contribution in [-0.2, 0) is 4.79 Å². The molecule has 3 aromatic rings. The van der Waals surface area contributed by atoms with Crippen molar-refractivity contribution >= 4 is 29.1 Å². The first-order chi connectivity index (χ1) is 14.1. The zero-order valence-corrected chi connectivity index (χ0v) is 17.0. The molecule has 1 aromatic heterocycles. The van der Waals surface area contributed by atoms with E-state index in [2.05, 4.69) is 20.8 Å². The van der Waals surface area contributed by atoms with Crippen molar-refractivity contribution in [3.63, 3.8) is 0 Å². The zero-order valence-electron chi connectivity index (χ0n) is 16.2. The van der Waals surface area contributed by atoms with Crippen molar-refractivity contribution in [1.29, 1.82) is 0 Å². The number of tetrazole rings is 1. The van der Waals surface area contributed by atoms with Crippen LogP contribution in [0.25, 0.3) is 5.69 Å². The predicted octanol–water partition coefficient (Wildman–Crippen LogP) is 3.38. The van der Waals surface area contributed by atoms with Gasteiger partial charge in [0.1, 0.15) is 5.75 Å². The van der Waals surface area contributed by atoms with E-state index in [1.54, 1.807) is 36.1 Å². The maximum absolute atomic E-state index is 12.5. The second-order valence-corrected chi connectivity index (χ2v) is 7.10. The van der Waals surface area contributed by atoms with Crippen molar-refractivity contribution in [3.05, 3.63) is 54.1 Å². The number of rotatable bonds is 9. The molecule has 0 spiro atoms. The number of amides is 1. The Bertz CT molecular complexity index is 971. The van der Waals surface area contributed by atoms with Crippen LogP contribution in [0.2, 0.25) is 0 Å². The molecule has 1 amide bonds. The lowest BCUT2D eigenvalue weighted by molar-refractivity contribution is -0.116. The Morgan fingerprint density at radius 2 is 1.83 bits per heavy atom. The fourth-order valence-electron chi connectivity index (χ4n) is 2.56. The van der Waals surface area contributed by atoms with Crippen LogP contribution in [0.4, 0.5) is 5.69 Å². The van der Waals surface area contributed by atoms with Crippen molar-refractivity contribution in [3.8, 4) is 11.4 Å².